The van der Waals surface area contributed by atoms with Crippen molar-refractivity contribution in [3.8, 4) is 11.5 Å². The van der Waals surface area contributed by atoms with Gasteiger partial charge in [-0.25, -0.2) is 22.7 Å². The average Bonchev–Trinajstić information content (AvgIpc) is 2.66. The number of aromatic nitrogens is 2. The summed E-state index contributed by atoms with van der Waals surface area (Å²) in [5.41, 5.74) is 0.696. The van der Waals surface area contributed by atoms with E-state index in [4.69, 9.17) is 9.47 Å². The fraction of sp³-hybridized carbons (Fsp3) is 0.235. The van der Waals surface area contributed by atoms with Gasteiger partial charge in [0.05, 0.1) is 26.1 Å². The molecule has 0 unspecified atom stereocenters. The van der Waals surface area contributed by atoms with Crippen LogP contribution in [0.2, 0.25) is 0 Å². The van der Waals surface area contributed by atoms with Crippen LogP contribution in [0.15, 0.2) is 41.8 Å². The van der Waals surface area contributed by atoms with E-state index in [2.05, 4.69) is 15.3 Å². The first-order valence-corrected chi connectivity index (χ1v) is 9.17. The van der Waals surface area contributed by atoms with Crippen molar-refractivity contribution in [3.63, 3.8) is 0 Å². The summed E-state index contributed by atoms with van der Waals surface area (Å²) in [5, 5.41) is 2.20. The predicted molar refractivity (Wildman–Crippen MR) is 100 cm³/mol. The molecule has 0 fully saturated rings. The molecule has 1 heterocycles. The van der Waals surface area contributed by atoms with Crippen molar-refractivity contribution in [2.45, 2.75) is 5.03 Å². The molecule has 0 saturated carbocycles. The summed E-state index contributed by atoms with van der Waals surface area (Å²) < 4.78 is 35.9. The minimum Gasteiger partial charge on any atom is -0.493 e. The third-order valence-electron chi connectivity index (χ3n) is 3.49. The van der Waals surface area contributed by atoms with Crippen molar-refractivity contribution in [1.29, 1.82) is 0 Å². The summed E-state index contributed by atoms with van der Waals surface area (Å²) in [7, 11) is 1.97. The molecule has 0 spiro atoms. The molecule has 1 aromatic carbocycles. The average molecular weight is 392 g/mol. The van der Waals surface area contributed by atoms with E-state index >= 15 is 0 Å². The summed E-state index contributed by atoms with van der Waals surface area (Å²) in [6.07, 6.45) is 5.15. The summed E-state index contributed by atoms with van der Waals surface area (Å²) in [6.45, 7) is 0. The highest BCUT2D eigenvalue weighted by Gasteiger charge is 2.23. The highest BCUT2D eigenvalue weighted by Crippen LogP contribution is 2.28. The Kier molecular flexibility index (Phi) is 6.48. The van der Waals surface area contributed by atoms with Gasteiger partial charge in [-0.1, -0.05) is 6.07 Å². The summed E-state index contributed by atoms with van der Waals surface area (Å²) in [5.74, 6) is 0.560. The van der Waals surface area contributed by atoms with Crippen LogP contribution in [0, 0.1) is 0 Å². The number of hydrogen-bond acceptors (Lipinski definition) is 7. The second kappa shape index (κ2) is 8.60. The predicted octanol–water partition coefficient (Wildman–Crippen LogP) is 1.40. The summed E-state index contributed by atoms with van der Waals surface area (Å²) in [4.78, 5) is 19.7. The van der Waals surface area contributed by atoms with Gasteiger partial charge in [0.2, 0.25) is 5.91 Å². The van der Waals surface area contributed by atoms with Crippen LogP contribution < -0.4 is 14.8 Å². The maximum atomic E-state index is 12.3. The molecular formula is C17H20N4O5S. The number of carbonyl (C=O) groups excluding carboxylic acids is 1. The first kappa shape index (κ1) is 20.3. The Balaban J connectivity index is 2.21. The van der Waals surface area contributed by atoms with Gasteiger partial charge in [-0.3, -0.25) is 4.79 Å². The Bertz CT molecular complexity index is 958. The fourth-order valence-electron chi connectivity index (χ4n) is 2.09. The lowest BCUT2D eigenvalue weighted by atomic mass is 10.2. The van der Waals surface area contributed by atoms with E-state index in [1.54, 1.807) is 24.3 Å². The van der Waals surface area contributed by atoms with Crippen LogP contribution in [0.25, 0.3) is 6.08 Å². The fourth-order valence-corrected chi connectivity index (χ4v) is 2.99. The first-order chi connectivity index (χ1) is 12.8. The third-order valence-corrected chi connectivity index (χ3v) is 5.27. The minimum atomic E-state index is -3.82. The van der Waals surface area contributed by atoms with Crippen LogP contribution in [0.5, 0.6) is 11.5 Å². The van der Waals surface area contributed by atoms with E-state index in [1.807, 2.05) is 0 Å². The second-order valence-electron chi connectivity index (χ2n) is 5.47. The molecule has 144 valence electrons. The maximum Gasteiger partial charge on any atom is 0.262 e. The molecule has 0 aliphatic heterocycles. The zero-order valence-corrected chi connectivity index (χ0v) is 16.1. The number of rotatable bonds is 7. The normalized spacial score (nSPS) is 11.6. The maximum absolute atomic E-state index is 12.3. The van der Waals surface area contributed by atoms with E-state index in [-0.39, 0.29) is 10.7 Å². The number of sulfonamides is 1. The lowest BCUT2D eigenvalue weighted by molar-refractivity contribution is -0.111. The quantitative estimate of drug-likeness (QED) is 0.560. The van der Waals surface area contributed by atoms with Gasteiger partial charge < -0.3 is 14.8 Å². The number of amides is 1. The Morgan fingerprint density at radius 3 is 2.52 bits per heavy atom. The molecule has 0 aliphatic rings. The van der Waals surface area contributed by atoms with Gasteiger partial charge >= 0.3 is 0 Å². The van der Waals surface area contributed by atoms with E-state index in [0.717, 1.165) is 10.6 Å². The van der Waals surface area contributed by atoms with Crippen molar-refractivity contribution in [1.82, 2.24) is 14.3 Å². The van der Waals surface area contributed by atoms with Gasteiger partial charge in [0.25, 0.3) is 10.0 Å². The Morgan fingerprint density at radius 2 is 1.89 bits per heavy atom. The van der Waals surface area contributed by atoms with Gasteiger partial charge in [-0.15, -0.1) is 0 Å². The molecule has 1 amide bonds. The van der Waals surface area contributed by atoms with Crippen molar-refractivity contribution in [2.75, 3.05) is 33.6 Å². The highest BCUT2D eigenvalue weighted by molar-refractivity contribution is 7.89. The van der Waals surface area contributed by atoms with E-state index in [9.17, 15) is 13.2 Å². The standard InChI is InChI=1S/C17H20N4O5S/c1-21(2)27(23,24)17-13(10-18-11-19-17)20-16(22)8-6-12-5-7-14(25-3)15(9-12)26-4/h5-11H,1-4H3,(H,20,22)/b8-6+. The van der Waals surface area contributed by atoms with E-state index in [1.165, 1.54) is 40.6 Å². The minimum absolute atomic E-state index is 0.00633. The molecule has 2 aromatic rings. The van der Waals surface area contributed by atoms with Crippen molar-refractivity contribution in [3.05, 3.63) is 42.4 Å². The molecular weight excluding hydrogens is 372 g/mol. The van der Waals surface area contributed by atoms with Gasteiger partial charge in [0.15, 0.2) is 16.5 Å². The smallest absolute Gasteiger partial charge is 0.262 e. The van der Waals surface area contributed by atoms with Crippen LogP contribution in [0.1, 0.15) is 5.56 Å². The molecule has 2 rings (SSSR count). The van der Waals surface area contributed by atoms with Gasteiger partial charge in [-0.2, -0.15) is 0 Å². The van der Waals surface area contributed by atoms with Crippen molar-refractivity contribution >= 4 is 27.7 Å². The molecule has 0 saturated heterocycles. The van der Waals surface area contributed by atoms with Crippen LogP contribution in [0.3, 0.4) is 0 Å². The SMILES string of the molecule is COc1ccc(/C=C/C(=O)Nc2cncnc2S(=O)(=O)N(C)C)cc1OC. The molecule has 27 heavy (non-hydrogen) atoms. The summed E-state index contributed by atoms with van der Waals surface area (Å²) in [6, 6.07) is 5.16. The summed E-state index contributed by atoms with van der Waals surface area (Å²) >= 11 is 0. The number of anilines is 1. The Labute approximate surface area is 157 Å². The van der Waals surface area contributed by atoms with Gasteiger partial charge in [0.1, 0.15) is 6.33 Å². The highest BCUT2D eigenvalue weighted by atomic mass is 32.2. The van der Waals surface area contributed by atoms with Crippen LogP contribution >= 0.6 is 0 Å². The lowest BCUT2D eigenvalue weighted by Gasteiger charge is -2.13. The number of hydrogen-bond donors (Lipinski definition) is 1. The third kappa shape index (κ3) is 4.80. The van der Waals surface area contributed by atoms with Crippen LogP contribution in [-0.2, 0) is 14.8 Å². The first-order valence-electron chi connectivity index (χ1n) is 7.73. The Morgan fingerprint density at radius 1 is 1.19 bits per heavy atom. The zero-order chi connectivity index (χ0) is 20.0. The van der Waals surface area contributed by atoms with Gasteiger partial charge in [0, 0.05) is 20.2 Å². The molecule has 0 radical (unpaired) electrons. The second-order valence-corrected chi connectivity index (χ2v) is 7.53. The lowest BCUT2D eigenvalue weighted by Crippen LogP contribution is -2.25. The molecule has 10 heteroatoms. The molecule has 0 bridgehead atoms. The zero-order valence-electron chi connectivity index (χ0n) is 15.3. The molecule has 0 aliphatic carbocycles. The van der Waals surface area contributed by atoms with E-state index < -0.39 is 15.9 Å². The molecule has 9 nitrogen and oxygen atoms in total. The number of benzene rings is 1. The monoisotopic (exact) mass is 392 g/mol. The number of nitrogens with zero attached hydrogens (tertiary/aromatic N) is 3. The topological polar surface area (TPSA) is 111 Å². The largest absolute Gasteiger partial charge is 0.493 e. The molecule has 1 aromatic heterocycles. The number of methoxy groups -OCH3 is 2. The van der Waals surface area contributed by atoms with Crippen LogP contribution in [0.4, 0.5) is 5.69 Å². The van der Waals surface area contributed by atoms with Crippen molar-refractivity contribution in [2.24, 2.45) is 0 Å². The number of ether oxygens (including phenoxy) is 2. The van der Waals surface area contributed by atoms with Crippen LogP contribution in [-0.4, -0.2) is 56.9 Å². The molecule has 0 atom stereocenters. The van der Waals surface area contributed by atoms with Gasteiger partial charge in [-0.05, 0) is 23.8 Å². The molecule has 1 N–H and O–H groups in total. The number of carbonyl (C=O) groups is 1. The van der Waals surface area contributed by atoms with E-state index in [0.29, 0.717) is 17.1 Å². The van der Waals surface area contributed by atoms with Crippen molar-refractivity contribution < 1.29 is 22.7 Å². The Hall–Kier alpha value is -2.98. The number of nitrogens with one attached hydrogen (secondary N) is 1.